The molecule has 11 nitrogen and oxygen atoms in total. The van der Waals surface area contributed by atoms with E-state index in [1.165, 1.54) is 36.4 Å². The molecule has 44 heavy (non-hydrogen) atoms. The molecule has 0 spiro atoms. The Bertz CT molecular complexity index is 1480. The molecular formula is C28H31F4N3O8S. The third kappa shape index (κ3) is 7.84. The third-order valence-electron chi connectivity index (χ3n) is 7.76. The number of hydrogen-bond acceptors (Lipinski definition) is 8. The van der Waals surface area contributed by atoms with Crippen LogP contribution in [0.1, 0.15) is 37.3 Å². The molecule has 0 aromatic heterocycles. The lowest BCUT2D eigenvalue weighted by molar-refractivity contribution is -0.192. The number of fused-ring (bicyclic) bond motifs is 3. The molecule has 3 N–H and O–H groups in total. The lowest BCUT2D eigenvalue weighted by atomic mass is 9.86. The van der Waals surface area contributed by atoms with E-state index in [0.717, 1.165) is 30.2 Å². The van der Waals surface area contributed by atoms with Crippen molar-refractivity contribution < 1.29 is 55.3 Å². The van der Waals surface area contributed by atoms with Crippen LogP contribution in [0.2, 0.25) is 0 Å². The zero-order valence-corrected chi connectivity index (χ0v) is 24.1. The van der Waals surface area contributed by atoms with Crippen LogP contribution >= 0.6 is 0 Å². The number of carbonyl (C=O) groups is 3. The van der Waals surface area contributed by atoms with Gasteiger partial charge in [-0.2, -0.15) is 17.5 Å². The maximum Gasteiger partial charge on any atom is 0.490 e. The summed E-state index contributed by atoms with van der Waals surface area (Å²) in [4.78, 5) is 36.0. The lowest BCUT2D eigenvalue weighted by Gasteiger charge is -2.44. The molecule has 3 atom stereocenters. The van der Waals surface area contributed by atoms with Crippen molar-refractivity contribution >= 4 is 33.6 Å². The number of carbonyl (C=O) groups excluding carboxylic acids is 1. The van der Waals surface area contributed by atoms with Crippen molar-refractivity contribution in [3.05, 3.63) is 59.9 Å². The minimum Gasteiger partial charge on any atom is -0.480 e. The molecule has 2 aromatic carbocycles. The van der Waals surface area contributed by atoms with E-state index < -0.39 is 52.0 Å². The molecule has 240 valence electrons. The summed E-state index contributed by atoms with van der Waals surface area (Å²) in [6.07, 6.45) is -2.70. The first-order valence-electron chi connectivity index (χ1n) is 13.8. The van der Waals surface area contributed by atoms with Crippen LogP contribution in [0.25, 0.3) is 0 Å². The summed E-state index contributed by atoms with van der Waals surface area (Å²) in [5.41, 5.74) is 0.664. The van der Waals surface area contributed by atoms with Crippen LogP contribution in [0.4, 0.5) is 23.2 Å². The van der Waals surface area contributed by atoms with E-state index in [1.54, 1.807) is 12.1 Å². The number of aliphatic carboxylic acids is 2. The van der Waals surface area contributed by atoms with Crippen molar-refractivity contribution in [2.24, 2.45) is 5.92 Å². The number of carboxylic acid groups (broad SMARTS) is 2. The Morgan fingerprint density at radius 2 is 1.64 bits per heavy atom. The van der Waals surface area contributed by atoms with Gasteiger partial charge in [-0.15, -0.1) is 0 Å². The Kier molecular flexibility index (Phi) is 10.2. The van der Waals surface area contributed by atoms with Gasteiger partial charge in [-0.1, -0.05) is 18.2 Å². The number of nitrogens with zero attached hydrogens (tertiary/aromatic N) is 2. The van der Waals surface area contributed by atoms with E-state index in [2.05, 4.69) is 10.2 Å². The predicted octanol–water partition coefficient (Wildman–Crippen LogP) is 3.49. The number of benzene rings is 2. The number of ether oxygens (including phenoxy) is 1. The number of esters is 1. The van der Waals surface area contributed by atoms with E-state index in [-0.39, 0.29) is 24.0 Å². The molecule has 16 heteroatoms. The SMILES string of the molecule is O=C(O)C(F)(F)F.O=C(O[C@H]1CN2CCC1CC2)C(Nc1cccc(S(=O)(=O)N2CCC[C@@H]2C(=O)O)c1)c1cccc(F)c1. The van der Waals surface area contributed by atoms with Crippen LogP contribution in [0.5, 0.6) is 0 Å². The van der Waals surface area contributed by atoms with Crippen LogP contribution in [0.15, 0.2) is 53.4 Å². The van der Waals surface area contributed by atoms with Crippen molar-refractivity contribution in [2.45, 2.75) is 54.9 Å². The summed E-state index contributed by atoms with van der Waals surface area (Å²) in [5.74, 6) is -4.73. The number of anilines is 1. The summed E-state index contributed by atoms with van der Waals surface area (Å²) in [7, 11) is -4.08. The van der Waals surface area contributed by atoms with E-state index in [1.807, 2.05) is 0 Å². The van der Waals surface area contributed by atoms with Gasteiger partial charge in [0.15, 0.2) is 6.04 Å². The van der Waals surface area contributed by atoms with Crippen LogP contribution < -0.4 is 5.32 Å². The zero-order valence-electron chi connectivity index (χ0n) is 23.2. The standard InChI is InChI=1S/C26H30FN3O6S.C2HF3O2/c27-19-5-1-4-18(14-19)24(26(33)36-23-16-29-12-9-17(23)10-13-29)28-20-6-2-7-21(15-20)37(34,35)30-11-3-8-22(30)25(31)32;3-2(4,5)1(6)7/h1-2,4-7,14-15,17,22-24,28H,3,8-13,16H2,(H,31,32);(H,6,7)/t22-,23+,24?;/m1./s1. The molecule has 4 heterocycles. The maximum atomic E-state index is 14.1. The number of piperidine rings is 3. The van der Waals surface area contributed by atoms with E-state index in [0.29, 0.717) is 30.1 Å². The third-order valence-corrected chi connectivity index (χ3v) is 9.67. The monoisotopic (exact) mass is 645 g/mol. The van der Waals surface area contributed by atoms with Gasteiger partial charge in [-0.25, -0.2) is 22.4 Å². The van der Waals surface area contributed by atoms with E-state index in [4.69, 9.17) is 14.6 Å². The van der Waals surface area contributed by atoms with Gasteiger partial charge in [0.1, 0.15) is 18.0 Å². The van der Waals surface area contributed by atoms with Crippen LogP contribution in [0.3, 0.4) is 0 Å². The summed E-state index contributed by atoms with van der Waals surface area (Å²) < 4.78 is 79.3. The highest BCUT2D eigenvalue weighted by atomic mass is 32.2. The molecule has 4 aliphatic heterocycles. The molecule has 2 aromatic rings. The summed E-state index contributed by atoms with van der Waals surface area (Å²) >= 11 is 0. The fraction of sp³-hybridized carbons (Fsp3) is 0.464. The average molecular weight is 646 g/mol. The molecule has 0 radical (unpaired) electrons. The highest BCUT2D eigenvalue weighted by Gasteiger charge is 2.41. The van der Waals surface area contributed by atoms with Gasteiger partial charge in [0, 0.05) is 18.8 Å². The minimum atomic E-state index is -5.08. The molecule has 4 saturated heterocycles. The summed E-state index contributed by atoms with van der Waals surface area (Å²) in [6, 6.07) is 9.33. The van der Waals surface area contributed by atoms with Crippen LogP contribution in [0, 0.1) is 11.7 Å². The molecule has 0 amide bonds. The van der Waals surface area contributed by atoms with Crippen molar-refractivity contribution in [1.82, 2.24) is 9.21 Å². The van der Waals surface area contributed by atoms with Gasteiger partial charge in [0.25, 0.3) is 0 Å². The van der Waals surface area contributed by atoms with Crippen LogP contribution in [-0.2, 0) is 29.1 Å². The molecule has 1 unspecified atom stereocenters. The van der Waals surface area contributed by atoms with Gasteiger partial charge >= 0.3 is 24.1 Å². The number of rotatable bonds is 8. The molecule has 4 fully saturated rings. The topological polar surface area (TPSA) is 154 Å². The van der Waals surface area contributed by atoms with E-state index >= 15 is 0 Å². The molecular weight excluding hydrogens is 614 g/mol. The smallest absolute Gasteiger partial charge is 0.480 e. The van der Waals surface area contributed by atoms with Crippen molar-refractivity contribution in [1.29, 1.82) is 0 Å². The molecule has 0 aliphatic carbocycles. The van der Waals surface area contributed by atoms with Crippen molar-refractivity contribution in [2.75, 3.05) is 31.5 Å². The highest BCUT2D eigenvalue weighted by molar-refractivity contribution is 7.89. The van der Waals surface area contributed by atoms with Gasteiger partial charge in [0.2, 0.25) is 10.0 Å². The number of alkyl halides is 3. The van der Waals surface area contributed by atoms with Crippen molar-refractivity contribution in [3.8, 4) is 0 Å². The fourth-order valence-corrected chi connectivity index (χ4v) is 7.25. The minimum absolute atomic E-state index is 0.0885. The molecule has 4 aliphatic rings. The van der Waals surface area contributed by atoms with Gasteiger partial charge in [-0.3, -0.25) is 9.69 Å². The van der Waals surface area contributed by atoms with Gasteiger partial charge in [0.05, 0.1) is 4.90 Å². The Morgan fingerprint density at radius 1 is 0.977 bits per heavy atom. The lowest BCUT2D eigenvalue weighted by Crippen LogP contribution is -2.52. The van der Waals surface area contributed by atoms with Gasteiger partial charge in [-0.05, 0) is 80.6 Å². The molecule has 0 saturated carbocycles. The summed E-state index contributed by atoms with van der Waals surface area (Å²) in [6.45, 7) is 2.77. The highest BCUT2D eigenvalue weighted by Crippen LogP contribution is 2.32. The second-order valence-corrected chi connectivity index (χ2v) is 12.6. The van der Waals surface area contributed by atoms with Gasteiger partial charge < -0.3 is 20.3 Å². The number of halogens is 4. The first-order valence-corrected chi connectivity index (χ1v) is 15.2. The Hall–Kier alpha value is -3.76. The molecule has 2 bridgehead atoms. The summed E-state index contributed by atoms with van der Waals surface area (Å²) in [5, 5.41) is 19.6. The number of hydrogen-bond donors (Lipinski definition) is 3. The first kappa shape index (κ1) is 33.1. The van der Waals surface area contributed by atoms with Crippen LogP contribution in [-0.4, -0.2) is 90.2 Å². The number of carboxylic acids is 2. The number of nitrogens with one attached hydrogen (secondary N) is 1. The predicted molar refractivity (Wildman–Crippen MR) is 146 cm³/mol. The second kappa shape index (κ2) is 13.5. The van der Waals surface area contributed by atoms with Crippen molar-refractivity contribution in [3.63, 3.8) is 0 Å². The largest absolute Gasteiger partial charge is 0.490 e. The average Bonchev–Trinajstić information content (AvgIpc) is 3.48. The second-order valence-electron chi connectivity index (χ2n) is 10.7. The fourth-order valence-electron chi connectivity index (χ4n) is 5.55. The first-order chi connectivity index (χ1) is 20.7. The number of sulfonamides is 1. The Balaban J connectivity index is 0.000000566. The normalized spacial score (nSPS) is 24.1. The molecule has 6 rings (SSSR count). The Labute approximate surface area is 250 Å². The zero-order chi connectivity index (χ0) is 32.2. The Morgan fingerprint density at radius 3 is 2.20 bits per heavy atom. The quantitative estimate of drug-likeness (QED) is 0.287. The maximum absolute atomic E-state index is 14.1. The van der Waals surface area contributed by atoms with E-state index in [9.17, 15) is 40.7 Å².